The summed E-state index contributed by atoms with van der Waals surface area (Å²) in [7, 11) is -1.11. The SMILES string of the molecule is Cc1ccc2c(c1C(=O)O)OB(O)[C@@H](Sc1nnc(SCCCN)s1)C2. The first-order valence-electron chi connectivity index (χ1n) is 8.03. The van der Waals surface area contributed by atoms with Gasteiger partial charge in [0, 0.05) is 5.75 Å². The number of carboxylic acid groups (broad SMARTS) is 1. The van der Waals surface area contributed by atoms with Crippen LogP contribution >= 0.6 is 34.9 Å². The maximum atomic E-state index is 11.5. The first-order valence-corrected chi connectivity index (χ1v) is 10.7. The number of carboxylic acids is 1. The number of rotatable bonds is 7. The number of aromatic carboxylic acids is 1. The highest BCUT2D eigenvalue weighted by atomic mass is 32.2. The number of hydrogen-bond donors (Lipinski definition) is 3. The molecule has 0 amide bonds. The molecule has 1 aromatic carbocycles. The van der Waals surface area contributed by atoms with E-state index in [1.54, 1.807) is 24.8 Å². The topological polar surface area (TPSA) is 119 Å². The number of carbonyl (C=O) groups is 1. The van der Waals surface area contributed by atoms with Crippen molar-refractivity contribution in [3.63, 3.8) is 0 Å². The Morgan fingerprint density at radius 2 is 2.23 bits per heavy atom. The van der Waals surface area contributed by atoms with Crippen molar-refractivity contribution in [2.45, 2.75) is 33.6 Å². The fourth-order valence-corrected chi connectivity index (χ4v) is 5.93. The van der Waals surface area contributed by atoms with Crippen molar-refractivity contribution in [2.75, 3.05) is 12.3 Å². The summed E-state index contributed by atoms with van der Waals surface area (Å²) >= 11 is 4.49. The second kappa shape index (κ2) is 8.62. The van der Waals surface area contributed by atoms with Gasteiger partial charge < -0.3 is 20.5 Å². The number of aromatic nitrogens is 2. The maximum absolute atomic E-state index is 11.5. The normalized spacial score (nSPS) is 16.3. The maximum Gasteiger partial charge on any atom is 0.537 e. The smallest absolute Gasteiger partial charge is 0.535 e. The van der Waals surface area contributed by atoms with E-state index in [4.69, 9.17) is 10.4 Å². The van der Waals surface area contributed by atoms with Crippen molar-refractivity contribution >= 4 is 47.9 Å². The lowest BCUT2D eigenvalue weighted by molar-refractivity contribution is 0.0693. The molecular formula is C15H18BN3O4S3. The molecule has 4 N–H and O–H groups in total. The standard InChI is InChI=1S/C15H18BN3O4S3/c1-8-3-4-9-7-10(16(22)23-12(9)11(8)13(20)21)25-15-19-18-14(26-15)24-6-2-5-17/h3-4,10,22H,2,5-7,17H2,1H3,(H,20,21)/t10-/m0/s1. The molecule has 2 aromatic rings. The summed E-state index contributed by atoms with van der Waals surface area (Å²) < 4.78 is 7.19. The molecule has 138 valence electrons. The molecule has 3 rings (SSSR count). The van der Waals surface area contributed by atoms with Crippen LogP contribution in [0.25, 0.3) is 0 Å². The lowest BCUT2D eigenvalue weighted by Gasteiger charge is -2.27. The van der Waals surface area contributed by atoms with Crippen LogP contribution in [0.4, 0.5) is 0 Å². The molecule has 0 saturated heterocycles. The Bertz CT molecular complexity index is 804. The average Bonchev–Trinajstić information content (AvgIpc) is 3.03. The van der Waals surface area contributed by atoms with Crippen molar-refractivity contribution in [1.29, 1.82) is 0 Å². The van der Waals surface area contributed by atoms with E-state index < -0.39 is 13.1 Å². The van der Waals surface area contributed by atoms with Crippen LogP contribution in [0, 0.1) is 6.92 Å². The molecule has 1 atom stereocenters. The van der Waals surface area contributed by atoms with Crippen molar-refractivity contribution < 1.29 is 19.6 Å². The summed E-state index contributed by atoms with van der Waals surface area (Å²) in [6.45, 7) is 2.36. The van der Waals surface area contributed by atoms with E-state index in [0.717, 1.165) is 26.4 Å². The monoisotopic (exact) mass is 411 g/mol. The highest BCUT2D eigenvalue weighted by Gasteiger charge is 2.38. The molecule has 26 heavy (non-hydrogen) atoms. The van der Waals surface area contributed by atoms with Gasteiger partial charge in [0.2, 0.25) is 0 Å². The Morgan fingerprint density at radius 1 is 1.46 bits per heavy atom. The summed E-state index contributed by atoms with van der Waals surface area (Å²) in [5.41, 5.74) is 6.98. The van der Waals surface area contributed by atoms with Gasteiger partial charge in [-0.15, -0.1) is 10.2 Å². The Kier molecular flexibility index (Phi) is 6.46. The molecule has 0 unspecified atom stereocenters. The third-order valence-corrected chi connectivity index (χ3v) is 7.31. The van der Waals surface area contributed by atoms with Crippen LogP contribution in [0.15, 0.2) is 20.8 Å². The number of benzene rings is 1. The second-order valence-electron chi connectivity index (χ2n) is 5.74. The summed E-state index contributed by atoms with van der Waals surface area (Å²) in [5, 5.41) is 27.8. The van der Waals surface area contributed by atoms with E-state index >= 15 is 0 Å². The summed E-state index contributed by atoms with van der Waals surface area (Å²) in [6.07, 6.45) is 1.42. The van der Waals surface area contributed by atoms with Gasteiger partial charge in [-0.3, -0.25) is 0 Å². The number of thioether (sulfide) groups is 2. The van der Waals surface area contributed by atoms with E-state index in [1.807, 2.05) is 6.07 Å². The van der Waals surface area contributed by atoms with E-state index in [-0.39, 0.29) is 16.5 Å². The number of hydrogen-bond acceptors (Lipinski definition) is 9. The molecular weight excluding hydrogens is 393 g/mol. The highest BCUT2D eigenvalue weighted by Crippen LogP contribution is 2.39. The quantitative estimate of drug-likeness (QED) is 0.358. The molecule has 1 aliphatic heterocycles. The van der Waals surface area contributed by atoms with Gasteiger partial charge in [-0.2, -0.15) is 0 Å². The fraction of sp³-hybridized carbons (Fsp3) is 0.400. The fourth-order valence-electron chi connectivity index (χ4n) is 2.57. The molecule has 0 saturated carbocycles. The number of nitrogens with zero attached hydrogens (tertiary/aromatic N) is 2. The van der Waals surface area contributed by atoms with Crippen LogP contribution in [0.2, 0.25) is 0 Å². The summed E-state index contributed by atoms with van der Waals surface area (Å²) in [5.74, 6) is 0.105. The van der Waals surface area contributed by atoms with Crippen molar-refractivity contribution in [3.05, 3.63) is 28.8 Å². The van der Waals surface area contributed by atoms with Crippen molar-refractivity contribution in [1.82, 2.24) is 10.2 Å². The van der Waals surface area contributed by atoms with E-state index in [2.05, 4.69) is 10.2 Å². The summed E-state index contributed by atoms with van der Waals surface area (Å²) in [4.78, 5) is 11.5. The zero-order valence-corrected chi connectivity index (χ0v) is 16.5. The van der Waals surface area contributed by atoms with Crippen LogP contribution in [0.1, 0.15) is 27.9 Å². The van der Waals surface area contributed by atoms with Crippen LogP contribution < -0.4 is 10.4 Å². The molecule has 1 aliphatic rings. The Balaban J connectivity index is 1.72. The first-order chi connectivity index (χ1) is 12.5. The molecule has 2 heterocycles. The largest absolute Gasteiger partial charge is 0.537 e. The second-order valence-corrected chi connectivity index (χ2v) is 9.55. The first kappa shape index (κ1) is 19.5. The van der Waals surface area contributed by atoms with Crippen molar-refractivity contribution in [3.8, 4) is 5.75 Å². The number of fused-ring (bicyclic) bond motifs is 1. The lowest BCUT2D eigenvalue weighted by atomic mass is 9.77. The minimum atomic E-state index is -1.11. The molecule has 11 heteroatoms. The van der Waals surface area contributed by atoms with Crippen LogP contribution in [0.3, 0.4) is 0 Å². The summed E-state index contributed by atoms with van der Waals surface area (Å²) in [6, 6.07) is 3.62. The molecule has 0 radical (unpaired) electrons. The van der Waals surface area contributed by atoms with E-state index in [1.165, 1.54) is 23.1 Å². The lowest BCUT2D eigenvalue weighted by Crippen LogP contribution is -2.40. The van der Waals surface area contributed by atoms with Gasteiger partial charge in [0.25, 0.3) is 0 Å². The highest BCUT2D eigenvalue weighted by molar-refractivity contribution is 8.04. The number of nitrogens with two attached hydrogens (primary N) is 1. The van der Waals surface area contributed by atoms with Gasteiger partial charge >= 0.3 is 13.1 Å². The molecule has 0 fully saturated rings. The minimum absolute atomic E-state index is 0.111. The van der Waals surface area contributed by atoms with E-state index in [0.29, 0.717) is 18.5 Å². The number of aryl methyl sites for hydroxylation is 1. The Labute approximate surface area is 163 Å². The molecule has 0 spiro atoms. The van der Waals surface area contributed by atoms with Gasteiger partial charge in [0.15, 0.2) is 8.68 Å². The van der Waals surface area contributed by atoms with Gasteiger partial charge in [0.1, 0.15) is 11.3 Å². The van der Waals surface area contributed by atoms with Gasteiger partial charge in [-0.25, -0.2) is 4.79 Å². The third kappa shape index (κ3) is 4.34. The van der Waals surface area contributed by atoms with Gasteiger partial charge in [0.05, 0.1) is 5.15 Å². The van der Waals surface area contributed by atoms with Crippen LogP contribution in [-0.4, -0.2) is 50.9 Å². The van der Waals surface area contributed by atoms with Gasteiger partial charge in [-0.05, 0) is 37.4 Å². The molecule has 1 aromatic heterocycles. The molecule has 7 nitrogen and oxygen atoms in total. The van der Waals surface area contributed by atoms with Crippen LogP contribution in [-0.2, 0) is 6.42 Å². The van der Waals surface area contributed by atoms with Gasteiger partial charge in [-0.1, -0.05) is 47.0 Å². The zero-order valence-electron chi connectivity index (χ0n) is 14.0. The third-order valence-electron chi connectivity index (χ3n) is 3.85. The average molecular weight is 411 g/mol. The Hall–Kier alpha value is -1.27. The minimum Gasteiger partial charge on any atom is -0.535 e. The zero-order chi connectivity index (χ0) is 18.7. The molecule has 0 aliphatic carbocycles. The molecule has 0 bridgehead atoms. The predicted octanol–water partition coefficient (Wildman–Crippen LogP) is 2.10. The van der Waals surface area contributed by atoms with E-state index in [9.17, 15) is 14.9 Å². The Morgan fingerprint density at radius 3 is 2.96 bits per heavy atom. The van der Waals surface area contributed by atoms with Crippen molar-refractivity contribution in [2.24, 2.45) is 5.73 Å². The predicted molar refractivity (Wildman–Crippen MR) is 104 cm³/mol. The van der Waals surface area contributed by atoms with Crippen LogP contribution in [0.5, 0.6) is 5.75 Å².